The first-order chi connectivity index (χ1) is 22.3. The summed E-state index contributed by atoms with van der Waals surface area (Å²) in [5, 5.41) is 6.64. The van der Waals surface area contributed by atoms with Crippen LogP contribution < -0.4 is 0 Å². The molecule has 45 heavy (non-hydrogen) atoms. The molecule has 1 aliphatic rings. The molecule has 0 spiro atoms. The second-order valence-corrected chi connectivity index (χ2v) is 13.7. The first-order valence-electron chi connectivity index (χ1n) is 15.3. The normalized spacial score (nSPS) is 13.1. The molecule has 0 amide bonds. The molecular weight excluding hydrogens is 587 g/mol. The summed E-state index contributed by atoms with van der Waals surface area (Å²) in [6, 6.07) is 40.8. The van der Waals surface area contributed by atoms with E-state index in [2.05, 4.69) is 132 Å². The molecule has 3 nitrogen and oxygen atoms in total. The van der Waals surface area contributed by atoms with E-state index in [4.69, 9.17) is 9.97 Å². The van der Waals surface area contributed by atoms with Gasteiger partial charge in [0, 0.05) is 57.0 Å². The number of hydrogen-bond acceptors (Lipinski definition) is 4. The molecular formula is C40H25N3S2. The molecule has 0 unspecified atom stereocenters. The van der Waals surface area contributed by atoms with Crippen molar-refractivity contribution in [1.82, 2.24) is 14.5 Å². The molecule has 0 saturated heterocycles. The molecule has 1 aliphatic carbocycles. The number of para-hydroxylation sites is 1. The van der Waals surface area contributed by atoms with E-state index in [1.54, 1.807) is 0 Å². The molecule has 0 fully saturated rings. The number of benzene rings is 5. The summed E-state index contributed by atoms with van der Waals surface area (Å²) in [5.74, 6) is 0.703. The summed E-state index contributed by atoms with van der Waals surface area (Å²) in [5.41, 5.74) is 7.80. The third kappa shape index (κ3) is 3.68. The third-order valence-electron chi connectivity index (χ3n) is 9.08. The highest BCUT2D eigenvalue weighted by Crippen LogP contribution is 2.52. The molecule has 0 atom stereocenters. The van der Waals surface area contributed by atoms with Crippen molar-refractivity contribution >= 4 is 80.8 Å². The predicted molar refractivity (Wildman–Crippen MR) is 193 cm³/mol. The zero-order chi connectivity index (χ0) is 29.5. The van der Waals surface area contributed by atoms with Gasteiger partial charge in [-0.3, -0.25) is 4.57 Å². The molecule has 4 aromatic heterocycles. The van der Waals surface area contributed by atoms with Gasteiger partial charge < -0.3 is 0 Å². The average molecular weight is 612 g/mol. The second-order valence-electron chi connectivity index (χ2n) is 11.6. The largest absolute Gasteiger partial charge is 0.277 e. The maximum atomic E-state index is 5.34. The molecule has 0 N–H and O–H groups in total. The fourth-order valence-electron chi connectivity index (χ4n) is 7.12. The highest BCUT2D eigenvalue weighted by Gasteiger charge is 2.27. The Labute approximate surface area is 267 Å². The van der Waals surface area contributed by atoms with Crippen molar-refractivity contribution in [3.05, 3.63) is 132 Å². The van der Waals surface area contributed by atoms with Gasteiger partial charge in [-0.25, -0.2) is 9.97 Å². The lowest BCUT2D eigenvalue weighted by atomic mass is 9.97. The van der Waals surface area contributed by atoms with Gasteiger partial charge in [-0.15, -0.1) is 22.7 Å². The van der Waals surface area contributed by atoms with Crippen molar-refractivity contribution in [2.75, 3.05) is 0 Å². The van der Waals surface area contributed by atoms with Gasteiger partial charge in [0.25, 0.3) is 0 Å². The Balaban J connectivity index is 1.43. The predicted octanol–water partition coefficient (Wildman–Crippen LogP) is 11.4. The number of nitrogens with zero attached hydrogens (tertiary/aromatic N) is 3. The number of thiophene rings is 2. The summed E-state index contributed by atoms with van der Waals surface area (Å²) in [6.07, 6.45) is 6.76. The van der Waals surface area contributed by atoms with Crippen molar-refractivity contribution in [2.24, 2.45) is 0 Å². The molecule has 0 radical (unpaired) electrons. The van der Waals surface area contributed by atoms with Gasteiger partial charge in [0.2, 0.25) is 5.95 Å². The number of hydrogen-bond donors (Lipinski definition) is 0. The first-order valence-corrected chi connectivity index (χ1v) is 17.0. The van der Waals surface area contributed by atoms with Crippen LogP contribution in [0.1, 0.15) is 16.9 Å². The van der Waals surface area contributed by atoms with Gasteiger partial charge in [-0.1, -0.05) is 103 Å². The summed E-state index contributed by atoms with van der Waals surface area (Å²) in [7, 11) is 0. The van der Waals surface area contributed by atoms with Crippen molar-refractivity contribution in [2.45, 2.75) is 12.8 Å². The van der Waals surface area contributed by atoms with Crippen LogP contribution in [-0.2, 0) is 6.42 Å². The van der Waals surface area contributed by atoms with Gasteiger partial charge >= 0.3 is 0 Å². The maximum Gasteiger partial charge on any atom is 0.235 e. The van der Waals surface area contributed by atoms with Gasteiger partial charge in [0.05, 0.1) is 22.4 Å². The van der Waals surface area contributed by atoms with Gasteiger partial charge in [0.1, 0.15) is 0 Å². The Morgan fingerprint density at radius 3 is 2.00 bits per heavy atom. The summed E-state index contributed by atoms with van der Waals surface area (Å²) >= 11 is 3.85. The molecule has 0 bridgehead atoms. The van der Waals surface area contributed by atoms with E-state index in [1.807, 2.05) is 22.7 Å². The van der Waals surface area contributed by atoms with Gasteiger partial charge in [0.15, 0.2) is 0 Å². The molecule has 0 saturated carbocycles. The molecule has 5 aromatic carbocycles. The van der Waals surface area contributed by atoms with E-state index in [0.29, 0.717) is 5.95 Å². The Kier molecular flexibility index (Phi) is 5.44. The van der Waals surface area contributed by atoms with Crippen LogP contribution in [0.5, 0.6) is 0 Å². The average Bonchev–Trinajstić information content (AvgIpc) is 3.78. The lowest BCUT2D eigenvalue weighted by molar-refractivity contribution is 0.991. The SMILES string of the molecule is C1=Cc2sc3c(c2CC1)c1c(c2ccccc2n1-c1nc(-c2ccccc2)cc(-c2ccccc2)n1)c1sc2ccccc2c31. The molecule has 0 aliphatic heterocycles. The van der Waals surface area contributed by atoms with Gasteiger partial charge in [-0.05, 0) is 42.7 Å². The minimum atomic E-state index is 0.703. The highest BCUT2D eigenvalue weighted by molar-refractivity contribution is 7.28. The van der Waals surface area contributed by atoms with Crippen LogP contribution in [0, 0.1) is 0 Å². The zero-order valence-electron chi connectivity index (χ0n) is 24.2. The minimum absolute atomic E-state index is 0.703. The van der Waals surface area contributed by atoms with E-state index in [0.717, 1.165) is 40.9 Å². The van der Waals surface area contributed by atoms with Crippen LogP contribution in [0.3, 0.4) is 0 Å². The second kappa shape index (κ2) is 9.70. The smallest absolute Gasteiger partial charge is 0.235 e. The van der Waals surface area contributed by atoms with Crippen LogP contribution in [0.2, 0.25) is 0 Å². The zero-order valence-corrected chi connectivity index (χ0v) is 25.8. The molecule has 9 aromatic rings. The lowest BCUT2D eigenvalue weighted by Gasteiger charge is -2.13. The molecule has 212 valence electrons. The number of allylic oxidation sites excluding steroid dienone is 1. The maximum absolute atomic E-state index is 5.34. The lowest BCUT2D eigenvalue weighted by Crippen LogP contribution is -2.04. The Hall–Kier alpha value is -5.10. The quantitative estimate of drug-likeness (QED) is 0.199. The Morgan fingerprint density at radius 1 is 0.600 bits per heavy atom. The number of aryl methyl sites for hydroxylation is 1. The monoisotopic (exact) mass is 611 g/mol. The number of fused-ring (bicyclic) bond motifs is 12. The van der Waals surface area contributed by atoms with Crippen LogP contribution in [0.4, 0.5) is 0 Å². The fourth-order valence-corrected chi connectivity index (χ4v) is 9.80. The minimum Gasteiger partial charge on any atom is -0.277 e. The van der Waals surface area contributed by atoms with E-state index in [-0.39, 0.29) is 0 Å². The topological polar surface area (TPSA) is 30.7 Å². The first kappa shape index (κ1) is 25.2. The Bertz CT molecular complexity index is 2580. The van der Waals surface area contributed by atoms with Crippen LogP contribution in [0.25, 0.3) is 86.6 Å². The molecule has 4 heterocycles. The van der Waals surface area contributed by atoms with Crippen LogP contribution >= 0.6 is 22.7 Å². The van der Waals surface area contributed by atoms with Crippen molar-refractivity contribution < 1.29 is 0 Å². The summed E-state index contributed by atoms with van der Waals surface area (Å²) in [4.78, 5) is 12.1. The van der Waals surface area contributed by atoms with Crippen molar-refractivity contribution in [1.29, 1.82) is 0 Å². The van der Waals surface area contributed by atoms with E-state index in [1.165, 1.54) is 57.0 Å². The third-order valence-corrected chi connectivity index (χ3v) is 11.5. The van der Waals surface area contributed by atoms with Gasteiger partial charge in [-0.2, -0.15) is 0 Å². The highest BCUT2D eigenvalue weighted by atomic mass is 32.1. The molecule has 10 rings (SSSR count). The van der Waals surface area contributed by atoms with Crippen molar-refractivity contribution in [3.8, 4) is 28.5 Å². The fraction of sp³-hybridized carbons (Fsp3) is 0.0500. The Morgan fingerprint density at radius 2 is 1.24 bits per heavy atom. The van der Waals surface area contributed by atoms with E-state index < -0.39 is 0 Å². The van der Waals surface area contributed by atoms with E-state index in [9.17, 15) is 0 Å². The summed E-state index contributed by atoms with van der Waals surface area (Å²) in [6.45, 7) is 0. The summed E-state index contributed by atoms with van der Waals surface area (Å²) < 4.78 is 6.41. The standard InChI is InChI=1S/C40H25N3S2/c1-3-13-24(14-4-1)29-23-30(25-15-5-2-6-16-25)42-40(41-29)43-31-20-10-7-17-26(31)34-37(43)35-27-18-8-11-21-32(27)44-39(35)36-28-19-9-12-22-33(28)45-38(34)36/h1-7,9-17,19-23H,8,18H2. The molecule has 5 heteroatoms. The van der Waals surface area contributed by atoms with Crippen molar-refractivity contribution in [3.63, 3.8) is 0 Å². The van der Waals surface area contributed by atoms with E-state index >= 15 is 0 Å². The van der Waals surface area contributed by atoms with Crippen LogP contribution in [-0.4, -0.2) is 14.5 Å². The number of aromatic nitrogens is 3. The number of rotatable bonds is 3. The van der Waals surface area contributed by atoms with Crippen LogP contribution in [0.15, 0.2) is 121 Å².